The topological polar surface area (TPSA) is 89.7 Å². The summed E-state index contributed by atoms with van der Waals surface area (Å²) in [6.07, 6.45) is 7.42. The Morgan fingerprint density at radius 2 is 0.701 bits per heavy atom. The van der Waals surface area contributed by atoms with E-state index in [0.29, 0.717) is 39.4 Å². The van der Waals surface area contributed by atoms with Gasteiger partial charge in [0.25, 0.3) is 0 Å². The van der Waals surface area contributed by atoms with Crippen molar-refractivity contribution in [2.45, 2.75) is 48.3 Å². The van der Waals surface area contributed by atoms with E-state index in [1.54, 1.807) is 12.4 Å². The SMILES string of the molecule is Cc1cc2c(cc1-c1cc(-c3ccccc3)cc[n+]1C)oc1nc(C)c3ccccc3c12.[2H]C([2H])([2H])c1c[n+](C)c(-c2cc3oc4nc(C)c5ccccc5c4c3cc2C)cc1-c1ccccc1.[2H]C([2H])([2H])c1c[n+](C)c(-c2cc3oc4ncc5ccccc5c4c3cc2C)cc1-c1ccccc1. The predicted octanol–water partition coefficient (Wildman–Crippen LogP) is 21.0. The van der Waals surface area contributed by atoms with Gasteiger partial charge in [-0.3, -0.25) is 0 Å². The highest BCUT2D eigenvalue weighted by Crippen LogP contribution is 2.42. The highest BCUT2D eigenvalue weighted by Gasteiger charge is 2.25. The van der Waals surface area contributed by atoms with E-state index in [9.17, 15) is 0 Å². The van der Waals surface area contributed by atoms with Crippen molar-refractivity contribution in [3.05, 3.63) is 288 Å². The lowest BCUT2D eigenvalue weighted by Crippen LogP contribution is -2.31. The van der Waals surface area contributed by atoms with Gasteiger partial charge in [-0.1, -0.05) is 164 Å². The number of furan rings is 3. The summed E-state index contributed by atoms with van der Waals surface area (Å²) in [5, 5.41) is 13.1. The molecule has 0 fully saturated rings. The molecule has 9 nitrogen and oxygen atoms in total. The summed E-state index contributed by atoms with van der Waals surface area (Å²) in [7, 11) is 5.86. The van der Waals surface area contributed by atoms with Crippen molar-refractivity contribution in [2.75, 3.05) is 0 Å². The molecule has 0 atom stereocenters. The van der Waals surface area contributed by atoms with Gasteiger partial charge in [-0.05, 0) is 151 Å². The molecule has 9 aromatic carbocycles. The van der Waals surface area contributed by atoms with Crippen LogP contribution in [0.1, 0.15) is 47.4 Å². The molecule has 18 rings (SSSR count). The normalized spacial score (nSPS) is 12.8. The van der Waals surface area contributed by atoms with Crippen molar-refractivity contribution in [2.24, 2.45) is 21.1 Å². The van der Waals surface area contributed by atoms with Crippen LogP contribution in [0.15, 0.2) is 262 Å². The number of benzene rings is 9. The van der Waals surface area contributed by atoms with Gasteiger partial charge >= 0.3 is 0 Å². The average Bonchev–Trinajstić information content (AvgIpc) is 1.62. The lowest BCUT2D eigenvalue weighted by Gasteiger charge is -2.10. The minimum atomic E-state index is -2.23. The van der Waals surface area contributed by atoms with Crippen molar-refractivity contribution in [3.63, 3.8) is 0 Å². The summed E-state index contributed by atoms with van der Waals surface area (Å²) in [5.74, 6) is 0. The van der Waals surface area contributed by atoms with Crippen molar-refractivity contribution in [1.82, 2.24) is 15.0 Å². The number of rotatable bonds is 6. The molecular weight excluding hydrogens is 1190 g/mol. The van der Waals surface area contributed by atoms with Crippen molar-refractivity contribution < 1.29 is 35.2 Å². The van der Waals surface area contributed by atoms with Crippen LogP contribution in [0.25, 0.3) is 166 Å². The van der Waals surface area contributed by atoms with E-state index in [-0.39, 0.29) is 0 Å². The van der Waals surface area contributed by atoms with Gasteiger partial charge in [0.1, 0.15) is 37.9 Å². The fraction of sp³-hybridized carbons (Fsp3) is 0.114. The van der Waals surface area contributed by atoms with Gasteiger partial charge in [0, 0.05) is 93.5 Å². The van der Waals surface area contributed by atoms with E-state index in [1.807, 2.05) is 152 Å². The Labute approximate surface area is 570 Å². The smallest absolute Gasteiger partial charge is 0.228 e. The van der Waals surface area contributed by atoms with Crippen LogP contribution < -0.4 is 13.7 Å². The van der Waals surface area contributed by atoms with Gasteiger partial charge in [0.05, 0.1) is 32.8 Å². The first kappa shape index (κ1) is 53.4. The molecule has 0 amide bonds. The maximum atomic E-state index is 8.13. The molecule has 0 N–H and O–H groups in total. The van der Waals surface area contributed by atoms with Crippen molar-refractivity contribution in [1.29, 1.82) is 0 Å². The largest absolute Gasteiger partial charge is 0.438 e. The summed E-state index contributed by atoms with van der Waals surface area (Å²) in [4.78, 5) is 14.1. The van der Waals surface area contributed by atoms with E-state index in [4.69, 9.17) is 31.4 Å². The Balaban J connectivity index is 0.000000119. The Hall–Kier alpha value is -11.9. The molecule has 468 valence electrons. The summed E-state index contributed by atoms with van der Waals surface area (Å²) >= 11 is 0. The first-order valence-corrected chi connectivity index (χ1v) is 32.5. The van der Waals surface area contributed by atoms with E-state index < -0.39 is 13.7 Å². The molecule has 0 saturated carbocycles. The fourth-order valence-corrected chi connectivity index (χ4v) is 14.2. The van der Waals surface area contributed by atoms with Crippen LogP contribution in [0, 0.1) is 48.3 Å². The molecule has 0 unspecified atom stereocenters. The Bertz CT molecular complexity index is 6440. The fourth-order valence-electron chi connectivity index (χ4n) is 14.2. The molecule has 18 aromatic rings. The second-order valence-corrected chi connectivity index (χ2v) is 25.4. The minimum Gasteiger partial charge on any atom is -0.438 e. The van der Waals surface area contributed by atoms with Crippen molar-refractivity contribution in [3.8, 4) is 67.2 Å². The number of aryl methyl sites for hydroxylation is 10. The van der Waals surface area contributed by atoms with Crippen LogP contribution in [0.5, 0.6) is 0 Å². The Morgan fingerprint density at radius 3 is 1.15 bits per heavy atom. The van der Waals surface area contributed by atoms with Gasteiger partial charge in [-0.15, -0.1) is 0 Å². The number of fused-ring (bicyclic) bond motifs is 15. The summed E-state index contributed by atoms with van der Waals surface area (Å²) in [5.41, 5.74) is 22.0. The van der Waals surface area contributed by atoms with Gasteiger partial charge in [-0.25, -0.2) is 28.7 Å². The first-order chi connectivity index (χ1) is 49.6. The van der Waals surface area contributed by atoms with E-state index in [2.05, 4.69) is 159 Å². The molecule has 0 radical (unpaired) electrons. The zero-order valence-corrected chi connectivity index (χ0v) is 55.1. The quantitative estimate of drug-likeness (QED) is 0.154. The molecule has 9 heterocycles. The number of aromatic nitrogens is 6. The highest BCUT2D eigenvalue weighted by molar-refractivity contribution is 6.21. The highest BCUT2D eigenvalue weighted by atomic mass is 16.3. The Kier molecular flexibility index (Phi) is 13.3. The maximum absolute atomic E-state index is 8.13. The molecule has 0 aliphatic rings. The van der Waals surface area contributed by atoms with Gasteiger partial charge < -0.3 is 13.3 Å². The molecule has 97 heavy (non-hydrogen) atoms. The molecule has 0 saturated heterocycles. The third kappa shape index (κ3) is 10.6. The molecule has 0 bridgehead atoms. The zero-order valence-electron chi connectivity index (χ0n) is 61.1. The molecule has 9 aromatic heterocycles. The monoisotopic (exact) mass is 1270 g/mol. The van der Waals surface area contributed by atoms with Crippen LogP contribution in [-0.2, 0) is 21.1 Å². The van der Waals surface area contributed by atoms with Crippen LogP contribution in [-0.4, -0.2) is 15.0 Å². The van der Waals surface area contributed by atoms with Crippen LogP contribution in [0.3, 0.4) is 0 Å². The van der Waals surface area contributed by atoms with Gasteiger partial charge in [-0.2, -0.15) is 0 Å². The third-order valence-electron chi connectivity index (χ3n) is 19.1. The van der Waals surface area contributed by atoms with E-state index in [0.717, 1.165) is 138 Å². The zero-order chi connectivity index (χ0) is 71.3. The number of hydrogen-bond donors (Lipinski definition) is 0. The third-order valence-corrected chi connectivity index (χ3v) is 19.1. The lowest BCUT2D eigenvalue weighted by atomic mass is 9.96. The van der Waals surface area contributed by atoms with Crippen LogP contribution >= 0.6 is 0 Å². The predicted molar refractivity (Wildman–Crippen MR) is 396 cm³/mol. The minimum absolute atomic E-state index is 0.327. The van der Waals surface area contributed by atoms with E-state index in [1.165, 1.54) is 27.5 Å². The molecule has 0 aliphatic heterocycles. The molecule has 9 heteroatoms. The Morgan fingerprint density at radius 1 is 0.320 bits per heavy atom. The average molecular weight is 1270 g/mol. The number of nitrogens with zero attached hydrogens (tertiary/aromatic N) is 6. The van der Waals surface area contributed by atoms with Crippen LogP contribution in [0.4, 0.5) is 0 Å². The van der Waals surface area contributed by atoms with Gasteiger partial charge in [0.2, 0.25) is 34.2 Å². The summed E-state index contributed by atoms with van der Waals surface area (Å²) in [6, 6.07) is 75.9. The number of pyridine rings is 6. The molecular formula is C88H71N6O3+3. The summed E-state index contributed by atoms with van der Waals surface area (Å²) in [6.45, 7) is 5.91. The second kappa shape index (κ2) is 24.1. The molecule has 0 aliphatic carbocycles. The first-order valence-electron chi connectivity index (χ1n) is 35.5. The van der Waals surface area contributed by atoms with E-state index >= 15 is 0 Å². The molecule has 0 spiro atoms. The number of hydrogen-bond acceptors (Lipinski definition) is 6. The van der Waals surface area contributed by atoms with Gasteiger partial charge in [0.15, 0.2) is 18.6 Å². The lowest BCUT2D eigenvalue weighted by molar-refractivity contribution is -0.660. The van der Waals surface area contributed by atoms with Crippen LogP contribution in [0.2, 0.25) is 0 Å². The van der Waals surface area contributed by atoms with Crippen molar-refractivity contribution >= 4 is 98.5 Å². The standard InChI is InChI=1S/C30H25N2O.2C29H23N2O/c1-18-14-26-28(33-30-29(26)23-13-9-8-12-22(23)20(3)31-30)16-25(18)27-15-24(19(2)17-32(27)4)21-10-6-5-7-11-21;1-18-13-25-27(32-29-28(25)22-12-8-7-11-21(22)16-30-29)15-24(18)26-14-23(19(2)17-31(26)3)20-9-5-4-6-10-20;1-18-15-25-27(32-29-28(25)23-12-8-7-11-22(23)19(2)30-29)17-24(18)26-16-21(13-14-31(26)3)20-9-5-4-6-10-20/h5-17H,1-4H3;2*4-17H,1-3H3/q3*+1/i2*2D3;. The summed E-state index contributed by atoms with van der Waals surface area (Å²) < 4.78 is 73.4. The maximum Gasteiger partial charge on any atom is 0.228 e. The second-order valence-electron chi connectivity index (χ2n) is 25.4.